The standard InChI is InChI=1S/C15H25NO2/c1-4-18-14-7-11(2)15(12(3)8-14)6-5-13(9-16)10-17/h7-8,13,17H,4-6,9-10,16H2,1-3H3. The minimum absolute atomic E-state index is 0.172. The van der Waals surface area contributed by atoms with E-state index in [1.807, 2.05) is 6.92 Å². The molecule has 0 aliphatic rings. The first kappa shape index (κ1) is 15.0. The van der Waals surface area contributed by atoms with Crippen molar-refractivity contribution in [3.8, 4) is 5.75 Å². The zero-order chi connectivity index (χ0) is 13.5. The highest BCUT2D eigenvalue weighted by Crippen LogP contribution is 2.24. The number of benzene rings is 1. The van der Waals surface area contributed by atoms with E-state index >= 15 is 0 Å². The average Bonchev–Trinajstić information content (AvgIpc) is 2.33. The molecule has 3 N–H and O–H groups in total. The van der Waals surface area contributed by atoms with Crippen molar-refractivity contribution in [1.82, 2.24) is 0 Å². The normalized spacial score (nSPS) is 12.5. The van der Waals surface area contributed by atoms with Gasteiger partial charge in [0.15, 0.2) is 0 Å². The van der Waals surface area contributed by atoms with Gasteiger partial charge in [-0.05, 0) is 74.9 Å². The van der Waals surface area contributed by atoms with Crippen LogP contribution in [0.25, 0.3) is 0 Å². The molecule has 0 fully saturated rings. The first-order valence-corrected chi connectivity index (χ1v) is 6.66. The van der Waals surface area contributed by atoms with E-state index < -0.39 is 0 Å². The first-order valence-electron chi connectivity index (χ1n) is 6.66. The van der Waals surface area contributed by atoms with Crippen molar-refractivity contribution >= 4 is 0 Å². The Morgan fingerprint density at radius 1 is 1.28 bits per heavy atom. The number of rotatable bonds is 7. The molecule has 1 aromatic rings. The van der Waals surface area contributed by atoms with Gasteiger partial charge < -0.3 is 15.6 Å². The minimum atomic E-state index is 0.172. The molecule has 0 amide bonds. The molecule has 0 radical (unpaired) electrons. The predicted octanol–water partition coefficient (Wildman–Crippen LogP) is 2.20. The monoisotopic (exact) mass is 251 g/mol. The fourth-order valence-electron chi connectivity index (χ4n) is 2.23. The lowest BCUT2D eigenvalue weighted by Crippen LogP contribution is -2.19. The van der Waals surface area contributed by atoms with Crippen LogP contribution < -0.4 is 10.5 Å². The number of aliphatic hydroxyl groups excluding tert-OH is 1. The average molecular weight is 251 g/mol. The molecule has 0 aromatic heterocycles. The van der Waals surface area contributed by atoms with Crippen molar-refractivity contribution in [3.63, 3.8) is 0 Å². The fraction of sp³-hybridized carbons (Fsp3) is 0.600. The third-order valence-corrected chi connectivity index (χ3v) is 3.37. The van der Waals surface area contributed by atoms with Crippen LogP contribution in [0, 0.1) is 19.8 Å². The maximum atomic E-state index is 9.16. The van der Waals surface area contributed by atoms with Gasteiger partial charge in [-0.2, -0.15) is 0 Å². The second-order valence-electron chi connectivity index (χ2n) is 4.79. The van der Waals surface area contributed by atoms with Gasteiger partial charge in [-0.15, -0.1) is 0 Å². The largest absolute Gasteiger partial charge is 0.494 e. The number of aryl methyl sites for hydroxylation is 2. The fourth-order valence-corrected chi connectivity index (χ4v) is 2.23. The lowest BCUT2D eigenvalue weighted by atomic mass is 9.94. The molecule has 0 aliphatic carbocycles. The van der Waals surface area contributed by atoms with Crippen molar-refractivity contribution in [2.75, 3.05) is 19.8 Å². The van der Waals surface area contributed by atoms with Crippen LogP contribution in [0.1, 0.15) is 30.0 Å². The smallest absolute Gasteiger partial charge is 0.119 e. The zero-order valence-electron chi connectivity index (χ0n) is 11.7. The Labute approximate surface area is 110 Å². The van der Waals surface area contributed by atoms with Gasteiger partial charge in [-0.25, -0.2) is 0 Å². The van der Waals surface area contributed by atoms with Crippen molar-refractivity contribution < 1.29 is 9.84 Å². The quantitative estimate of drug-likeness (QED) is 0.781. The third kappa shape index (κ3) is 4.00. The Morgan fingerprint density at radius 2 is 1.89 bits per heavy atom. The Kier molecular flexibility index (Phi) is 6.16. The van der Waals surface area contributed by atoms with Crippen LogP contribution in [0.15, 0.2) is 12.1 Å². The van der Waals surface area contributed by atoms with Crippen LogP contribution in [-0.2, 0) is 6.42 Å². The van der Waals surface area contributed by atoms with Crippen LogP contribution >= 0.6 is 0 Å². The number of hydrogen-bond donors (Lipinski definition) is 2. The van der Waals surface area contributed by atoms with Crippen molar-refractivity contribution in [1.29, 1.82) is 0 Å². The molecule has 0 spiro atoms. The lowest BCUT2D eigenvalue weighted by Gasteiger charge is -2.16. The molecule has 0 aliphatic heterocycles. The second kappa shape index (κ2) is 7.39. The maximum absolute atomic E-state index is 9.16. The SMILES string of the molecule is CCOc1cc(C)c(CCC(CN)CO)c(C)c1. The van der Waals surface area contributed by atoms with Gasteiger partial charge in [0.2, 0.25) is 0 Å². The Hall–Kier alpha value is -1.06. The highest BCUT2D eigenvalue weighted by atomic mass is 16.5. The summed E-state index contributed by atoms with van der Waals surface area (Å²) in [7, 11) is 0. The highest BCUT2D eigenvalue weighted by molar-refractivity contribution is 5.41. The van der Waals surface area contributed by atoms with Gasteiger partial charge in [0.1, 0.15) is 5.75 Å². The number of ether oxygens (including phenoxy) is 1. The van der Waals surface area contributed by atoms with Crippen molar-refractivity contribution in [2.24, 2.45) is 11.7 Å². The van der Waals surface area contributed by atoms with Gasteiger partial charge in [-0.1, -0.05) is 0 Å². The molecule has 3 nitrogen and oxygen atoms in total. The molecule has 1 aromatic carbocycles. The van der Waals surface area contributed by atoms with Gasteiger partial charge in [0, 0.05) is 6.61 Å². The van der Waals surface area contributed by atoms with E-state index in [4.69, 9.17) is 15.6 Å². The topological polar surface area (TPSA) is 55.5 Å². The van der Waals surface area contributed by atoms with Crippen LogP contribution in [0.4, 0.5) is 0 Å². The molecule has 18 heavy (non-hydrogen) atoms. The molecule has 0 bridgehead atoms. The van der Waals surface area contributed by atoms with Gasteiger partial charge in [-0.3, -0.25) is 0 Å². The van der Waals surface area contributed by atoms with Gasteiger partial charge in [0.05, 0.1) is 6.61 Å². The molecule has 0 heterocycles. The van der Waals surface area contributed by atoms with E-state index in [2.05, 4.69) is 26.0 Å². The molecule has 0 saturated heterocycles. The Bertz CT molecular complexity index is 350. The lowest BCUT2D eigenvalue weighted by molar-refractivity contribution is 0.223. The first-order chi connectivity index (χ1) is 8.62. The van der Waals surface area contributed by atoms with Crippen molar-refractivity contribution in [3.05, 3.63) is 28.8 Å². The van der Waals surface area contributed by atoms with E-state index in [0.717, 1.165) is 18.6 Å². The maximum Gasteiger partial charge on any atom is 0.119 e. The molecule has 1 unspecified atom stereocenters. The van der Waals surface area contributed by atoms with E-state index in [-0.39, 0.29) is 12.5 Å². The summed E-state index contributed by atoms with van der Waals surface area (Å²) in [4.78, 5) is 0. The summed E-state index contributed by atoms with van der Waals surface area (Å²) in [5, 5.41) is 9.16. The van der Waals surface area contributed by atoms with Gasteiger partial charge >= 0.3 is 0 Å². The molecule has 0 saturated carbocycles. The second-order valence-corrected chi connectivity index (χ2v) is 4.79. The van der Waals surface area contributed by atoms with E-state index in [1.54, 1.807) is 0 Å². The highest BCUT2D eigenvalue weighted by Gasteiger charge is 2.10. The summed E-state index contributed by atoms with van der Waals surface area (Å²) in [6, 6.07) is 4.17. The molecule has 3 heteroatoms. The number of nitrogens with two attached hydrogens (primary N) is 1. The van der Waals surface area contributed by atoms with Crippen LogP contribution in [0.3, 0.4) is 0 Å². The molecule has 102 valence electrons. The van der Waals surface area contributed by atoms with Crippen LogP contribution in [-0.4, -0.2) is 24.9 Å². The summed E-state index contributed by atoms with van der Waals surface area (Å²) in [6.07, 6.45) is 1.90. The molecular weight excluding hydrogens is 226 g/mol. The van der Waals surface area contributed by atoms with E-state index in [0.29, 0.717) is 13.2 Å². The molecular formula is C15H25NO2. The Balaban J connectivity index is 2.77. The number of aliphatic hydroxyl groups is 1. The summed E-state index contributed by atoms with van der Waals surface area (Å²) >= 11 is 0. The van der Waals surface area contributed by atoms with Crippen LogP contribution in [0.2, 0.25) is 0 Å². The van der Waals surface area contributed by atoms with E-state index in [1.165, 1.54) is 16.7 Å². The van der Waals surface area contributed by atoms with E-state index in [9.17, 15) is 0 Å². The predicted molar refractivity (Wildman–Crippen MR) is 75.0 cm³/mol. The Morgan fingerprint density at radius 3 is 2.33 bits per heavy atom. The number of hydrogen-bond acceptors (Lipinski definition) is 3. The zero-order valence-corrected chi connectivity index (χ0v) is 11.7. The molecule has 1 rings (SSSR count). The van der Waals surface area contributed by atoms with Gasteiger partial charge in [0.25, 0.3) is 0 Å². The summed E-state index contributed by atoms with van der Waals surface area (Å²) in [5.41, 5.74) is 9.47. The third-order valence-electron chi connectivity index (χ3n) is 3.37. The van der Waals surface area contributed by atoms with Crippen molar-refractivity contribution in [2.45, 2.75) is 33.6 Å². The summed E-state index contributed by atoms with van der Waals surface area (Å²) < 4.78 is 5.53. The summed E-state index contributed by atoms with van der Waals surface area (Å²) in [6.45, 7) is 7.63. The minimum Gasteiger partial charge on any atom is -0.494 e. The molecule has 1 atom stereocenters. The summed E-state index contributed by atoms with van der Waals surface area (Å²) in [5.74, 6) is 1.14. The van der Waals surface area contributed by atoms with Crippen LogP contribution in [0.5, 0.6) is 5.75 Å².